The third-order valence-electron chi connectivity index (χ3n) is 7.70. The van der Waals surface area contributed by atoms with Gasteiger partial charge in [0, 0.05) is 40.9 Å². The van der Waals surface area contributed by atoms with Gasteiger partial charge in [-0.1, -0.05) is 25.0 Å². The minimum absolute atomic E-state index is 0.297. The highest BCUT2D eigenvalue weighted by Gasteiger charge is 2.37. The first kappa shape index (κ1) is 21.1. The summed E-state index contributed by atoms with van der Waals surface area (Å²) >= 11 is 0. The molecule has 1 aromatic carbocycles. The molecule has 3 heterocycles. The lowest BCUT2D eigenvalue weighted by Crippen LogP contribution is -2.24. The fourth-order valence-corrected chi connectivity index (χ4v) is 6.19. The normalized spacial score (nSPS) is 23.8. The summed E-state index contributed by atoms with van der Waals surface area (Å²) in [6.07, 6.45) is 9.33. The van der Waals surface area contributed by atoms with Crippen molar-refractivity contribution in [1.82, 2.24) is 9.61 Å². The van der Waals surface area contributed by atoms with Gasteiger partial charge in [-0.3, -0.25) is 0 Å². The Kier molecular flexibility index (Phi) is 5.21. The SMILES string of the molecule is CC(C)Nc1cc(-c2ccc3cc(C#N)cnn23)ccc1C1=NN=C(C2CC3CCC(C3)C2)C1. The van der Waals surface area contributed by atoms with E-state index in [2.05, 4.69) is 59.7 Å². The first-order valence-electron chi connectivity index (χ1n) is 12.5. The van der Waals surface area contributed by atoms with Crippen molar-refractivity contribution in [1.29, 1.82) is 5.26 Å². The van der Waals surface area contributed by atoms with E-state index in [0.29, 0.717) is 17.5 Å². The zero-order valence-electron chi connectivity index (χ0n) is 19.8. The molecule has 1 N–H and O–H groups in total. The number of nitrogens with zero attached hydrogens (tertiary/aromatic N) is 5. The van der Waals surface area contributed by atoms with Crippen molar-refractivity contribution < 1.29 is 0 Å². The van der Waals surface area contributed by atoms with Crippen LogP contribution in [0.25, 0.3) is 16.8 Å². The average Bonchev–Trinajstić information content (AvgIpc) is 3.56. The van der Waals surface area contributed by atoms with Crippen LogP contribution in [0.5, 0.6) is 0 Å². The van der Waals surface area contributed by atoms with Crippen LogP contribution >= 0.6 is 0 Å². The summed E-state index contributed by atoms with van der Waals surface area (Å²) in [5.74, 6) is 2.43. The molecule has 2 unspecified atom stereocenters. The molecule has 2 atom stereocenters. The van der Waals surface area contributed by atoms with Crippen LogP contribution in [0, 0.1) is 29.1 Å². The van der Waals surface area contributed by atoms with E-state index < -0.39 is 0 Å². The maximum absolute atomic E-state index is 9.18. The molecule has 0 amide bonds. The van der Waals surface area contributed by atoms with E-state index in [9.17, 15) is 5.26 Å². The summed E-state index contributed by atoms with van der Waals surface area (Å²) in [4.78, 5) is 0. The molecule has 2 aliphatic carbocycles. The van der Waals surface area contributed by atoms with Crippen molar-refractivity contribution in [2.24, 2.45) is 28.0 Å². The Morgan fingerprint density at radius 1 is 1.03 bits per heavy atom. The van der Waals surface area contributed by atoms with Crippen molar-refractivity contribution in [2.45, 2.75) is 58.4 Å². The van der Waals surface area contributed by atoms with Crippen LogP contribution in [-0.2, 0) is 0 Å². The van der Waals surface area contributed by atoms with Crippen LogP contribution in [0.1, 0.15) is 63.5 Å². The van der Waals surface area contributed by atoms with E-state index in [0.717, 1.165) is 52.0 Å². The van der Waals surface area contributed by atoms with Gasteiger partial charge in [0.05, 0.1) is 28.7 Å². The highest BCUT2D eigenvalue weighted by molar-refractivity contribution is 6.18. The second-order valence-electron chi connectivity index (χ2n) is 10.5. The van der Waals surface area contributed by atoms with Gasteiger partial charge in [-0.25, -0.2) is 4.52 Å². The van der Waals surface area contributed by atoms with Crippen LogP contribution in [0.2, 0.25) is 0 Å². The molecule has 2 aromatic heterocycles. The Labute approximate surface area is 200 Å². The van der Waals surface area contributed by atoms with Crippen LogP contribution in [0.3, 0.4) is 0 Å². The third kappa shape index (κ3) is 3.79. The molecule has 2 bridgehead atoms. The molecule has 3 aromatic rings. The molecule has 3 aliphatic rings. The topological polar surface area (TPSA) is 77.8 Å². The number of fused-ring (bicyclic) bond motifs is 3. The van der Waals surface area contributed by atoms with Gasteiger partial charge in [0.2, 0.25) is 0 Å². The first-order valence-corrected chi connectivity index (χ1v) is 12.5. The van der Waals surface area contributed by atoms with Crippen LogP contribution < -0.4 is 5.32 Å². The fourth-order valence-electron chi connectivity index (χ4n) is 6.19. The van der Waals surface area contributed by atoms with Crippen LogP contribution in [0.15, 0.2) is 52.8 Å². The maximum Gasteiger partial charge on any atom is 0.101 e. The average molecular weight is 451 g/mol. The van der Waals surface area contributed by atoms with Crippen molar-refractivity contribution in [2.75, 3.05) is 5.32 Å². The second kappa shape index (κ2) is 8.39. The molecular formula is C28H30N6. The smallest absolute Gasteiger partial charge is 0.101 e. The molecule has 1 aliphatic heterocycles. The maximum atomic E-state index is 9.18. The largest absolute Gasteiger partial charge is 0.382 e. The first-order chi connectivity index (χ1) is 16.6. The van der Waals surface area contributed by atoms with Gasteiger partial charge >= 0.3 is 0 Å². The van der Waals surface area contributed by atoms with Gasteiger partial charge in [-0.05, 0) is 69.2 Å². The summed E-state index contributed by atoms with van der Waals surface area (Å²) in [5, 5.41) is 26.7. The van der Waals surface area contributed by atoms with Gasteiger partial charge < -0.3 is 5.32 Å². The van der Waals surface area contributed by atoms with Crippen molar-refractivity contribution in [3.63, 3.8) is 0 Å². The molecule has 0 spiro atoms. The number of hydrogen-bond donors (Lipinski definition) is 1. The van der Waals surface area contributed by atoms with E-state index >= 15 is 0 Å². The zero-order valence-corrected chi connectivity index (χ0v) is 19.8. The Morgan fingerprint density at radius 2 is 1.85 bits per heavy atom. The second-order valence-corrected chi connectivity index (χ2v) is 10.5. The number of aromatic nitrogens is 2. The molecule has 0 saturated heterocycles. The zero-order chi connectivity index (χ0) is 23.2. The highest BCUT2D eigenvalue weighted by atomic mass is 15.2. The lowest BCUT2D eigenvalue weighted by Gasteiger charge is -2.27. The van der Waals surface area contributed by atoms with Gasteiger partial charge in [-0.15, -0.1) is 0 Å². The minimum atomic E-state index is 0.297. The Hall–Kier alpha value is -3.46. The standard InChI is InChI=1S/C28H30N6/c1-17(2)31-26-13-21(28-8-6-23-12-20(15-29)16-30-34(23)28)5-7-24(26)27-14-25(32-33-27)22-10-18-3-4-19(9-18)11-22/h5-8,12-13,16-19,22,31H,3-4,9-11,14H2,1-2H3. The monoisotopic (exact) mass is 450 g/mol. The summed E-state index contributed by atoms with van der Waals surface area (Å²) < 4.78 is 1.89. The Morgan fingerprint density at radius 3 is 2.62 bits per heavy atom. The van der Waals surface area contributed by atoms with E-state index in [1.807, 2.05) is 16.6 Å². The minimum Gasteiger partial charge on any atom is -0.382 e. The lowest BCUT2D eigenvalue weighted by molar-refractivity contribution is 0.314. The molecule has 0 radical (unpaired) electrons. The molecule has 34 heavy (non-hydrogen) atoms. The van der Waals surface area contributed by atoms with Gasteiger partial charge in [0.25, 0.3) is 0 Å². The van der Waals surface area contributed by atoms with E-state index in [4.69, 9.17) is 5.10 Å². The molecule has 2 saturated carbocycles. The summed E-state index contributed by atoms with van der Waals surface area (Å²) in [6.45, 7) is 4.31. The van der Waals surface area contributed by atoms with E-state index in [-0.39, 0.29) is 0 Å². The highest BCUT2D eigenvalue weighted by Crippen LogP contribution is 2.46. The molecule has 6 rings (SSSR count). The summed E-state index contributed by atoms with van der Waals surface area (Å²) in [7, 11) is 0. The number of nitrogens with one attached hydrogen (secondary N) is 1. The third-order valence-corrected chi connectivity index (χ3v) is 7.70. The predicted octanol–water partition coefficient (Wildman–Crippen LogP) is 6.07. The lowest BCUT2D eigenvalue weighted by atomic mass is 9.77. The number of rotatable bonds is 5. The summed E-state index contributed by atoms with van der Waals surface area (Å²) in [6, 6.07) is 14.9. The van der Waals surface area contributed by atoms with Gasteiger partial charge in [0.1, 0.15) is 6.07 Å². The molecular weight excluding hydrogens is 420 g/mol. The van der Waals surface area contributed by atoms with Crippen molar-refractivity contribution in [3.8, 4) is 17.3 Å². The van der Waals surface area contributed by atoms with E-state index in [1.165, 1.54) is 37.8 Å². The predicted molar refractivity (Wildman–Crippen MR) is 136 cm³/mol. The Balaban J connectivity index is 1.29. The van der Waals surface area contributed by atoms with Crippen molar-refractivity contribution in [3.05, 3.63) is 53.7 Å². The van der Waals surface area contributed by atoms with E-state index in [1.54, 1.807) is 6.20 Å². The molecule has 172 valence electrons. The van der Waals surface area contributed by atoms with Crippen LogP contribution in [-0.4, -0.2) is 27.1 Å². The number of hydrogen-bond acceptors (Lipinski definition) is 5. The number of nitriles is 1. The van der Waals surface area contributed by atoms with Crippen LogP contribution in [0.4, 0.5) is 5.69 Å². The van der Waals surface area contributed by atoms with Gasteiger partial charge in [0.15, 0.2) is 0 Å². The fraction of sp³-hybridized carbons (Fsp3) is 0.429. The Bertz CT molecular complexity index is 1340. The number of anilines is 1. The summed E-state index contributed by atoms with van der Waals surface area (Å²) in [5.41, 5.74) is 8.13. The van der Waals surface area contributed by atoms with Gasteiger partial charge in [-0.2, -0.15) is 20.6 Å². The molecule has 6 heteroatoms. The number of benzene rings is 1. The molecule has 2 fully saturated rings. The van der Waals surface area contributed by atoms with Crippen molar-refractivity contribution >= 4 is 22.6 Å². The quantitative estimate of drug-likeness (QED) is 0.512. The molecule has 6 nitrogen and oxygen atoms in total.